The molecule has 0 aliphatic rings. The minimum Gasteiger partial charge on any atom is -0.236 e. The summed E-state index contributed by atoms with van der Waals surface area (Å²) in [7, 11) is 0. The molecular formula is C13H8Cl3N. The summed E-state index contributed by atoms with van der Waals surface area (Å²) in [5.41, 5.74) is 1.54. The topological polar surface area (TPSA) is 12.4 Å². The van der Waals surface area contributed by atoms with E-state index in [9.17, 15) is 0 Å². The maximum atomic E-state index is 6.11. The van der Waals surface area contributed by atoms with Crippen molar-refractivity contribution in [2.45, 2.75) is 0 Å². The van der Waals surface area contributed by atoms with E-state index in [-0.39, 0.29) is 0 Å². The van der Waals surface area contributed by atoms with Crippen LogP contribution in [-0.4, -0.2) is 5.17 Å². The fourth-order valence-electron chi connectivity index (χ4n) is 1.31. The molecule has 0 fully saturated rings. The largest absolute Gasteiger partial charge is 0.236 e. The summed E-state index contributed by atoms with van der Waals surface area (Å²) in [4.78, 5) is 4.27. The molecule has 0 N–H and O–H groups in total. The summed E-state index contributed by atoms with van der Waals surface area (Å²) < 4.78 is 0. The fraction of sp³-hybridized carbons (Fsp3) is 0. The first-order valence-electron chi connectivity index (χ1n) is 4.91. The predicted molar refractivity (Wildman–Crippen MR) is 75.0 cm³/mol. The lowest BCUT2D eigenvalue weighted by Crippen LogP contribution is -1.89. The van der Waals surface area contributed by atoms with Gasteiger partial charge in [0.1, 0.15) is 5.17 Å². The Morgan fingerprint density at radius 3 is 2.24 bits per heavy atom. The second kappa shape index (κ2) is 5.54. The molecule has 0 amide bonds. The number of hydrogen-bond donors (Lipinski definition) is 0. The zero-order valence-corrected chi connectivity index (χ0v) is 11.0. The lowest BCUT2D eigenvalue weighted by molar-refractivity contribution is 1.52. The van der Waals surface area contributed by atoms with Crippen LogP contribution in [0.1, 0.15) is 5.56 Å². The molecule has 0 bridgehead atoms. The zero-order valence-electron chi connectivity index (χ0n) is 8.70. The Hall–Kier alpha value is -1.02. The van der Waals surface area contributed by atoms with Crippen LogP contribution in [0.4, 0.5) is 5.69 Å². The van der Waals surface area contributed by atoms with Crippen LogP contribution < -0.4 is 0 Å². The molecule has 2 aromatic rings. The summed E-state index contributed by atoms with van der Waals surface area (Å²) in [6, 6.07) is 14.6. The van der Waals surface area contributed by atoms with Gasteiger partial charge in [-0.3, -0.25) is 0 Å². The molecule has 17 heavy (non-hydrogen) atoms. The standard InChI is InChI=1S/C13H8Cl3N/c14-11-7-6-10(8-12(11)15)17-13(16)9-4-2-1-3-5-9/h1-8H. The van der Waals surface area contributed by atoms with Crippen LogP contribution in [-0.2, 0) is 0 Å². The van der Waals surface area contributed by atoms with Gasteiger partial charge in [0.25, 0.3) is 0 Å². The van der Waals surface area contributed by atoms with Crippen molar-refractivity contribution in [1.82, 2.24) is 0 Å². The van der Waals surface area contributed by atoms with Crippen LogP contribution in [0.25, 0.3) is 0 Å². The summed E-state index contributed by atoms with van der Waals surface area (Å²) >= 11 is 17.8. The number of halogens is 3. The van der Waals surface area contributed by atoms with Crippen molar-refractivity contribution in [1.29, 1.82) is 0 Å². The lowest BCUT2D eigenvalue weighted by atomic mass is 10.2. The van der Waals surface area contributed by atoms with Gasteiger partial charge in [0.2, 0.25) is 0 Å². The van der Waals surface area contributed by atoms with E-state index in [1.54, 1.807) is 18.2 Å². The van der Waals surface area contributed by atoms with Gasteiger partial charge in [0.05, 0.1) is 15.7 Å². The molecular weight excluding hydrogens is 277 g/mol. The highest BCUT2D eigenvalue weighted by atomic mass is 35.5. The van der Waals surface area contributed by atoms with Crippen LogP contribution in [0.15, 0.2) is 53.5 Å². The molecule has 0 atom stereocenters. The monoisotopic (exact) mass is 283 g/mol. The number of aliphatic imine (C=N–C) groups is 1. The smallest absolute Gasteiger partial charge is 0.136 e. The number of rotatable bonds is 2. The van der Waals surface area contributed by atoms with E-state index in [4.69, 9.17) is 34.8 Å². The SMILES string of the molecule is ClC(=Nc1ccc(Cl)c(Cl)c1)c1ccccc1. The Labute approximate surface area is 115 Å². The molecule has 0 saturated carbocycles. The van der Waals surface area contributed by atoms with E-state index < -0.39 is 0 Å². The Morgan fingerprint density at radius 1 is 0.882 bits per heavy atom. The third kappa shape index (κ3) is 3.22. The maximum absolute atomic E-state index is 6.11. The molecule has 0 unspecified atom stereocenters. The van der Waals surface area contributed by atoms with Crippen molar-refractivity contribution in [3.05, 3.63) is 64.1 Å². The fourth-order valence-corrected chi connectivity index (χ4v) is 1.82. The first kappa shape index (κ1) is 12.4. The van der Waals surface area contributed by atoms with E-state index in [1.807, 2.05) is 30.3 Å². The van der Waals surface area contributed by atoms with Gasteiger partial charge >= 0.3 is 0 Å². The van der Waals surface area contributed by atoms with Crippen molar-refractivity contribution in [2.75, 3.05) is 0 Å². The molecule has 4 heteroatoms. The van der Waals surface area contributed by atoms with Crippen molar-refractivity contribution in [2.24, 2.45) is 4.99 Å². The molecule has 0 spiro atoms. The van der Waals surface area contributed by atoms with E-state index >= 15 is 0 Å². The lowest BCUT2D eigenvalue weighted by Gasteiger charge is -2.00. The highest BCUT2D eigenvalue weighted by molar-refractivity contribution is 6.69. The van der Waals surface area contributed by atoms with Crippen molar-refractivity contribution in [3.63, 3.8) is 0 Å². The molecule has 86 valence electrons. The molecule has 0 aliphatic heterocycles. The average molecular weight is 285 g/mol. The third-order valence-corrected chi connectivity index (χ3v) is 3.18. The van der Waals surface area contributed by atoms with Crippen molar-refractivity contribution in [3.8, 4) is 0 Å². The number of hydrogen-bond acceptors (Lipinski definition) is 1. The van der Waals surface area contributed by atoms with E-state index in [1.165, 1.54) is 0 Å². The molecule has 0 aromatic heterocycles. The Morgan fingerprint density at radius 2 is 1.59 bits per heavy atom. The van der Waals surface area contributed by atoms with Crippen molar-refractivity contribution >= 4 is 45.7 Å². The first-order valence-corrected chi connectivity index (χ1v) is 6.05. The van der Waals surface area contributed by atoms with Gasteiger partial charge in [-0.1, -0.05) is 65.1 Å². The van der Waals surface area contributed by atoms with Gasteiger partial charge in [0, 0.05) is 5.56 Å². The third-order valence-electron chi connectivity index (χ3n) is 2.14. The van der Waals surface area contributed by atoms with Crippen molar-refractivity contribution < 1.29 is 0 Å². The number of nitrogens with zero attached hydrogens (tertiary/aromatic N) is 1. The molecule has 2 aromatic carbocycles. The molecule has 1 nitrogen and oxygen atoms in total. The second-order valence-corrected chi connectivity index (χ2v) is 4.54. The van der Waals surface area contributed by atoms with E-state index in [2.05, 4.69) is 4.99 Å². The minimum absolute atomic E-state index is 0.420. The molecule has 0 radical (unpaired) electrons. The summed E-state index contributed by atoms with van der Waals surface area (Å²) in [5.74, 6) is 0. The van der Waals surface area contributed by atoms with Crippen LogP contribution in [0.2, 0.25) is 10.0 Å². The minimum atomic E-state index is 0.420. The van der Waals surface area contributed by atoms with Crippen LogP contribution in [0, 0.1) is 0 Å². The highest BCUT2D eigenvalue weighted by Crippen LogP contribution is 2.27. The Bertz CT molecular complexity index is 550. The summed E-state index contributed by atoms with van der Waals surface area (Å²) in [6.45, 7) is 0. The van der Waals surface area contributed by atoms with Gasteiger partial charge in [-0.15, -0.1) is 0 Å². The Balaban J connectivity index is 2.33. The van der Waals surface area contributed by atoms with Crippen LogP contribution in [0.5, 0.6) is 0 Å². The highest BCUT2D eigenvalue weighted by Gasteiger charge is 2.01. The van der Waals surface area contributed by atoms with Gasteiger partial charge in [0.15, 0.2) is 0 Å². The maximum Gasteiger partial charge on any atom is 0.136 e. The summed E-state index contributed by atoms with van der Waals surface area (Å²) in [6.07, 6.45) is 0. The normalized spacial score (nSPS) is 11.6. The molecule has 0 saturated heterocycles. The Kier molecular flexibility index (Phi) is 4.06. The molecule has 0 heterocycles. The number of benzene rings is 2. The van der Waals surface area contributed by atoms with Gasteiger partial charge in [-0.05, 0) is 18.2 Å². The summed E-state index contributed by atoms with van der Waals surface area (Å²) in [5, 5.41) is 1.39. The quantitative estimate of drug-likeness (QED) is 0.663. The van der Waals surface area contributed by atoms with Gasteiger partial charge < -0.3 is 0 Å². The van der Waals surface area contributed by atoms with Crippen LogP contribution in [0.3, 0.4) is 0 Å². The van der Waals surface area contributed by atoms with E-state index in [0.717, 1.165) is 5.56 Å². The average Bonchev–Trinajstić information content (AvgIpc) is 2.35. The predicted octanol–water partition coefficient (Wildman–Crippen LogP) is 5.31. The molecule has 2 rings (SSSR count). The molecule has 0 aliphatic carbocycles. The first-order chi connectivity index (χ1) is 8.16. The van der Waals surface area contributed by atoms with Gasteiger partial charge in [-0.25, -0.2) is 4.99 Å². The van der Waals surface area contributed by atoms with E-state index in [0.29, 0.717) is 20.9 Å². The second-order valence-electron chi connectivity index (χ2n) is 3.37. The van der Waals surface area contributed by atoms with Gasteiger partial charge in [-0.2, -0.15) is 0 Å². The van der Waals surface area contributed by atoms with Crippen LogP contribution >= 0.6 is 34.8 Å². The zero-order chi connectivity index (χ0) is 12.3.